The van der Waals surface area contributed by atoms with Gasteiger partial charge in [-0.05, 0) is 3.91 Å². The second-order valence-electron chi connectivity index (χ2n) is 2.74. The largest absolute Gasteiger partial charge is 0.541 e. The average Bonchev–Trinajstić information content (AvgIpc) is 2.14. The highest BCUT2D eigenvalue weighted by atomic mass is 28.4. The van der Waals surface area contributed by atoms with Crippen molar-refractivity contribution in [3.63, 3.8) is 0 Å². The molecule has 0 bridgehead atoms. The third kappa shape index (κ3) is 4.23. The van der Waals surface area contributed by atoms with Crippen LogP contribution in [0.25, 0.3) is 5.76 Å². The van der Waals surface area contributed by atoms with Gasteiger partial charge in [0.1, 0.15) is 5.76 Å². The fraction of sp³-hybridized carbons (Fsp3) is 0.111. The lowest BCUT2D eigenvalue weighted by Crippen LogP contribution is -2.23. The van der Waals surface area contributed by atoms with Crippen molar-refractivity contribution in [2.45, 2.75) is 3.91 Å². The van der Waals surface area contributed by atoms with Crippen molar-refractivity contribution < 1.29 is 4.43 Å². The van der Waals surface area contributed by atoms with Crippen LogP contribution in [0.4, 0.5) is 0 Å². The van der Waals surface area contributed by atoms with Crippen LogP contribution in [0.2, 0.25) is 3.91 Å². The highest BCUT2D eigenvalue weighted by molar-refractivity contribution is 6.79. The Morgan fingerprint density at radius 2 is 1.79 bits per heavy atom. The van der Waals surface area contributed by atoms with Crippen LogP contribution < -0.4 is 0 Å². The predicted octanol–water partition coefficient (Wildman–Crippen LogP) is 0.830. The maximum atomic E-state index is 5.48. The highest BCUT2D eigenvalue weighted by Gasteiger charge is 2.16. The molecular weight excluding hydrogens is 236 g/mol. The van der Waals surface area contributed by atoms with E-state index in [-0.39, 0.29) is 13.7 Å². The van der Waals surface area contributed by atoms with E-state index in [0.29, 0.717) is 5.76 Å². The normalized spacial score (nSPS) is 11.1. The monoisotopic (exact) mass is 243 g/mol. The second-order valence-corrected chi connectivity index (χ2v) is 9.15. The number of benzene rings is 1. The van der Waals surface area contributed by atoms with Crippen LogP contribution in [0, 0.1) is 0 Å². The van der Waals surface area contributed by atoms with Crippen molar-refractivity contribution in [2.75, 3.05) is 0 Å². The van der Waals surface area contributed by atoms with Gasteiger partial charge >= 0.3 is 9.76 Å². The quantitative estimate of drug-likeness (QED) is 0.562. The predicted molar refractivity (Wildman–Crippen MR) is 62.3 cm³/mol. The maximum Gasteiger partial charge on any atom is 0.306 e. The van der Waals surface area contributed by atoms with E-state index in [4.69, 9.17) is 4.43 Å². The fourth-order valence-electron chi connectivity index (χ4n) is 0.821. The van der Waals surface area contributed by atoms with Crippen LogP contribution in [0.1, 0.15) is 5.56 Å². The molecule has 1 aromatic carbocycles. The summed E-state index contributed by atoms with van der Waals surface area (Å²) in [5.41, 5.74) is 0.995. The van der Waals surface area contributed by atoms with E-state index < -0.39 is 0 Å². The molecule has 65 valence electrons. The van der Waals surface area contributed by atoms with Gasteiger partial charge in [0.25, 0.3) is 0 Å². The molecule has 14 heavy (non-hydrogen) atoms. The molecule has 1 nitrogen and oxygen atoms in total. The van der Waals surface area contributed by atoms with Crippen molar-refractivity contribution >= 4 is 46.2 Å². The van der Waals surface area contributed by atoms with Gasteiger partial charge in [0.15, 0.2) is 0 Å². The first-order valence-electron chi connectivity index (χ1n) is 3.92. The van der Waals surface area contributed by atoms with Gasteiger partial charge in [-0.3, -0.25) is 0 Å². The molecule has 0 unspecified atom stereocenters. The molecule has 0 fully saturated rings. The summed E-state index contributed by atoms with van der Waals surface area (Å²) >= 11 is 0. The zero-order valence-corrected chi connectivity index (χ0v) is 11.5. The molecule has 0 N–H and O–H groups in total. The summed E-state index contributed by atoms with van der Waals surface area (Å²) in [6.07, 6.45) is 0. The van der Waals surface area contributed by atoms with Gasteiger partial charge in [-0.2, -0.15) is 0 Å². The number of hydrogen-bond acceptors (Lipinski definition) is 1. The topological polar surface area (TPSA) is 9.23 Å². The molecule has 0 aliphatic carbocycles. The molecule has 5 heteroatoms. The van der Waals surface area contributed by atoms with Crippen molar-refractivity contribution in [3.8, 4) is 0 Å². The Bertz CT molecular complexity index is 304. The van der Waals surface area contributed by atoms with Crippen LogP contribution in [0.3, 0.4) is 0 Å². The lowest BCUT2D eigenvalue weighted by molar-refractivity contribution is 0.551. The van der Waals surface area contributed by atoms with Crippen molar-refractivity contribution in [3.05, 3.63) is 42.5 Å². The molecule has 0 aliphatic heterocycles. The summed E-state index contributed by atoms with van der Waals surface area (Å²) in [5.74, 6) is 0.669. The fourth-order valence-corrected chi connectivity index (χ4v) is 1.67. The standard InChI is InChI=1S/C9H7OSi4/c1-7(10-14-9(11,12)13)8-5-3-2-4-6-8/h2-6H,1H2. The molecule has 0 atom stereocenters. The van der Waals surface area contributed by atoms with Crippen molar-refractivity contribution in [2.24, 2.45) is 0 Å². The maximum absolute atomic E-state index is 5.48. The Labute approximate surface area is 97.2 Å². The molecule has 1 rings (SSSR count). The van der Waals surface area contributed by atoms with E-state index >= 15 is 0 Å². The summed E-state index contributed by atoms with van der Waals surface area (Å²) in [5, 5.41) is 0. The Balaban J connectivity index is 2.52. The smallest absolute Gasteiger partial charge is 0.306 e. The molecule has 0 saturated heterocycles. The SMILES string of the molecule is C=C(O[Si]C([Si])([Si])[Si])c1ccccc1. The minimum absolute atomic E-state index is 0.189. The van der Waals surface area contributed by atoms with Gasteiger partial charge in [0.05, 0.1) is 0 Å². The Kier molecular flexibility index (Phi) is 4.11. The molecule has 0 amide bonds. The van der Waals surface area contributed by atoms with E-state index in [9.17, 15) is 0 Å². The lowest BCUT2D eigenvalue weighted by Gasteiger charge is -2.17. The lowest BCUT2D eigenvalue weighted by atomic mass is 10.2. The minimum Gasteiger partial charge on any atom is -0.541 e. The first kappa shape index (κ1) is 11.7. The minimum atomic E-state index is -0.377. The third-order valence-electron chi connectivity index (χ3n) is 1.42. The third-order valence-corrected chi connectivity index (χ3v) is 3.00. The van der Waals surface area contributed by atoms with Crippen molar-refractivity contribution in [1.29, 1.82) is 0 Å². The summed E-state index contributed by atoms with van der Waals surface area (Å²) in [7, 11) is 10.4. The number of hydrogen-bond donors (Lipinski definition) is 0. The Morgan fingerprint density at radius 1 is 1.21 bits per heavy atom. The summed E-state index contributed by atoms with van der Waals surface area (Å²) in [6.45, 7) is 3.85. The van der Waals surface area contributed by atoms with E-state index in [1.165, 1.54) is 0 Å². The summed E-state index contributed by atoms with van der Waals surface area (Å²) < 4.78 is 5.10. The second kappa shape index (κ2) is 4.92. The van der Waals surface area contributed by atoms with Crippen LogP contribution >= 0.6 is 0 Å². The van der Waals surface area contributed by atoms with Gasteiger partial charge < -0.3 is 4.43 Å². The van der Waals surface area contributed by atoms with Gasteiger partial charge in [-0.15, -0.1) is 0 Å². The van der Waals surface area contributed by atoms with Crippen LogP contribution in [-0.2, 0) is 4.43 Å². The molecule has 0 saturated carbocycles. The van der Waals surface area contributed by atoms with Gasteiger partial charge in [0, 0.05) is 36.3 Å². The Morgan fingerprint density at radius 3 is 2.29 bits per heavy atom. The molecule has 0 aromatic heterocycles. The number of rotatable bonds is 4. The van der Waals surface area contributed by atoms with E-state index in [1.54, 1.807) is 0 Å². The van der Waals surface area contributed by atoms with E-state index in [2.05, 4.69) is 37.3 Å². The first-order valence-corrected chi connectivity index (χ1v) is 6.33. The van der Waals surface area contributed by atoms with Crippen LogP contribution in [0.5, 0.6) is 0 Å². The van der Waals surface area contributed by atoms with Gasteiger partial charge in [-0.1, -0.05) is 36.9 Å². The van der Waals surface area contributed by atoms with Gasteiger partial charge in [0.2, 0.25) is 0 Å². The zero-order chi connectivity index (χ0) is 10.6. The Hall–Kier alpha value is -0.372. The molecule has 0 spiro atoms. The molecule has 0 aliphatic rings. The van der Waals surface area contributed by atoms with Crippen LogP contribution in [-0.4, -0.2) is 40.5 Å². The summed E-state index contributed by atoms with van der Waals surface area (Å²) in [6, 6.07) is 9.79. The van der Waals surface area contributed by atoms with Gasteiger partial charge in [-0.25, -0.2) is 0 Å². The highest BCUT2D eigenvalue weighted by Crippen LogP contribution is 2.15. The first-order chi connectivity index (χ1) is 6.49. The average molecular weight is 243 g/mol. The molecule has 11 radical (unpaired) electrons. The molecular formula is C9H7OSi4. The van der Waals surface area contributed by atoms with Crippen LogP contribution in [0.15, 0.2) is 36.9 Å². The van der Waals surface area contributed by atoms with Crippen molar-refractivity contribution in [1.82, 2.24) is 0 Å². The molecule has 1 aromatic rings. The molecule has 0 heterocycles. The summed E-state index contributed by atoms with van der Waals surface area (Å²) in [4.78, 5) is 0. The van der Waals surface area contributed by atoms with E-state index in [1.807, 2.05) is 30.3 Å². The van der Waals surface area contributed by atoms with E-state index in [0.717, 1.165) is 5.56 Å². The zero-order valence-electron chi connectivity index (χ0n) is 7.50.